The van der Waals surface area contributed by atoms with Crippen molar-refractivity contribution in [2.45, 2.75) is 0 Å². The van der Waals surface area contributed by atoms with Crippen LogP contribution in [0.15, 0.2) is 22.6 Å². The van der Waals surface area contributed by atoms with Crippen LogP contribution in [0.25, 0.3) is 11.1 Å². The smallest absolute Gasteiger partial charge is 0.321 e. The minimum atomic E-state index is -0.283. The van der Waals surface area contributed by atoms with Crippen molar-refractivity contribution < 1.29 is 14.3 Å². The summed E-state index contributed by atoms with van der Waals surface area (Å²) in [7, 11) is 5.30. The molecule has 7 heteroatoms. The largest absolute Gasteiger partial charge is 0.423 e. The van der Waals surface area contributed by atoms with Crippen LogP contribution in [0.4, 0.5) is 16.5 Å². The molecule has 0 aliphatic heterocycles. The summed E-state index contributed by atoms with van der Waals surface area (Å²) in [5, 5.41) is 11.5. The molecule has 0 radical (unpaired) electrons. The molecule has 0 fully saturated rings. The van der Waals surface area contributed by atoms with Crippen molar-refractivity contribution >= 4 is 28.8 Å². The molecule has 0 bridgehead atoms. The molecular formula is C13H18N4O3. The number of rotatable bonds is 4. The summed E-state index contributed by atoms with van der Waals surface area (Å²) < 4.78 is 5.53. The lowest BCUT2D eigenvalue weighted by molar-refractivity contribution is 0.202. The molecular weight excluding hydrogens is 260 g/mol. The van der Waals surface area contributed by atoms with Crippen LogP contribution in [0, 0.1) is 0 Å². The molecule has 2 N–H and O–H groups in total. The third-order valence-electron chi connectivity index (χ3n) is 2.79. The topological polar surface area (TPSA) is 81.8 Å². The minimum Gasteiger partial charge on any atom is -0.423 e. The Morgan fingerprint density at radius 1 is 1.40 bits per heavy atom. The standard InChI is InChI=1S/C13H18N4O3/c1-16(2)13-15-10-8-9(4-5-11(10)20-13)14-12(19)17(3)6-7-18/h4-5,8,18H,6-7H2,1-3H3,(H,14,19). The number of urea groups is 1. The zero-order chi connectivity index (χ0) is 14.7. The van der Waals surface area contributed by atoms with Crippen LogP contribution in [0.5, 0.6) is 0 Å². The Morgan fingerprint density at radius 2 is 2.15 bits per heavy atom. The Hall–Kier alpha value is -2.28. The van der Waals surface area contributed by atoms with Crippen molar-refractivity contribution in [3.8, 4) is 0 Å². The second-order valence-corrected chi connectivity index (χ2v) is 4.65. The van der Waals surface area contributed by atoms with Gasteiger partial charge in [-0.3, -0.25) is 0 Å². The summed E-state index contributed by atoms with van der Waals surface area (Å²) in [6, 6.07) is 5.49. The lowest BCUT2D eigenvalue weighted by Gasteiger charge is -2.16. The van der Waals surface area contributed by atoms with E-state index >= 15 is 0 Å². The third kappa shape index (κ3) is 3.00. The van der Waals surface area contributed by atoms with Crippen LogP contribution in [0.2, 0.25) is 0 Å². The van der Waals surface area contributed by atoms with E-state index in [-0.39, 0.29) is 19.2 Å². The molecule has 0 aliphatic carbocycles. The molecule has 0 unspecified atom stereocenters. The number of likely N-dealkylation sites (N-methyl/N-ethyl adjacent to an activating group) is 1. The van der Waals surface area contributed by atoms with E-state index < -0.39 is 0 Å². The van der Waals surface area contributed by atoms with Crippen LogP contribution >= 0.6 is 0 Å². The van der Waals surface area contributed by atoms with Gasteiger partial charge in [-0.25, -0.2) is 4.79 Å². The fraction of sp³-hybridized carbons (Fsp3) is 0.385. The maximum atomic E-state index is 11.8. The number of aromatic nitrogens is 1. The van der Waals surface area contributed by atoms with Gasteiger partial charge in [-0.05, 0) is 18.2 Å². The average Bonchev–Trinajstić information content (AvgIpc) is 2.82. The molecule has 2 aromatic rings. The first-order valence-electron chi connectivity index (χ1n) is 6.22. The number of carbonyl (C=O) groups excluding carboxylic acids is 1. The fourth-order valence-corrected chi connectivity index (χ4v) is 1.65. The maximum absolute atomic E-state index is 11.8. The third-order valence-corrected chi connectivity index (χ3v) is 2.79. The Bertz CT molecular complexity index is 609. The van der Waals surface area contributed by atoms with Crippen molar-refractivity contribution in [1.82, 2.24) is 9.88 Å². The number of nitrogens with one attached hydrogen (secondary N) is 1. The molecule has 108 valence electrons. The summed E-state index contributed by atoms with van der Waals surface area (Å²) in [6.07, 6.45) is 0. The van der Waals surface area contributed by atoms with Gasteiger partial charge in [-0.15, -0.1) is 0 Å². The number of fused-ring (bicyclic) bond motifs is 1. The fourth-order valence-electron chi connectivity index (χ4n) is 1.65. The summed E-state index contributed by atoms with van der Waals surface area (Å²) in [6.45, 7) is 0.210. The summed E-state index contributed by atoms with van der Waals surface area (Å²) in [5.74, 6) is 0. The van der Waals surface area contributed by atoms with E-state index in [0.717, 1.165) is 0 Å². The van der Waals surface area contributed by atoms with Gasteiger partial charge in [0.05, 0.1) is 6.61 Å². The predicted octanol–water partition coefficient (Wildman–Crippen LogP) is 1.35. The molecule has 20 heavy (non-hydrogen) atoms. The van der Waals surface area contributed by atoms with Gasteiger partial charge in [0.1, 0.15) is 5.52 Å². The van der Waals surface area contributed by atoms with Crippen LogP contribution in [0.1, 0.15) is 0 Å². The van der Waals surface area contributed by atoms with E-state index in [1.54, 1.807) is 30.1 Å². The Morgan fingerprint density at radius 3 is 2.80 bits per heavy atom. The summed E-state index contributed by atoms with van der Waals surface area (Å²) in [5.41, 5.74) is 1.97. The number of anilines is 2. The van der Waals surface area contributed by atoms with Crippen LogP contribution in [-0.2, 0) is 0 Å². The molecule has 1 aromatic heterocycles. The van der Waals surface area contributed by atoms with Gasteiger partial charge in [0.2, 0.25) is 0 Å². The van der Waals surface area contributed by atoms with Crippen molar-refractivity contribution in [3.05, 3.63) is 18.2 Å². The Balaban J connectivity index is 2.17. The van der Waals surface area contributed by atoms with Crippen LogP contribution in [0.3, 0.4) is 0 Å². The number of aliphatic hydroxyl groups is 1. The van der Waals surface area contributed by atoms with Gasteiger partial charge < -0.3 is 24.6 Å². The number of benzene rings is 1. The number of carbonyl (C=O) groups is 1. The highest BCUT2D eigenvalue weighted by atomic mass is 16.4. The number of aliphatic hydroxyl groups excluding tert-OH is 1. The van der Waals surface area contributed by atoms with Gasteiger partial charge in [-0.2, -0.15) is 4.98 Å². The van der Waals surface area contributed by atoms with Crippen molar-refractivity contribution in [1.29, 1.82) is 0 Å². The monoisotopic (exact) mass is 278 g/mol. The molecule has 0 atom stereocenters. The van der Waals surface area contributed by atoms with Gasteiger partial charge in [0.15, 0.2) is 5.58 Å². The van der Waals surface area contributed by atoms with E-state index in [1.165, 1.54) is 4.90 Å². The second kappa shape index (κ2) is 5.79. The zero-order valence-electron chi connectivity index (χ0n) is 11.8. The van der Waals surface area contributed by atoms with E-state index in [0.29, 0.717) is 22.8 Å². The van der Waals surface area contributed by atoms with Crippen LogP contribution < -0.4 is 10.2 Å². The molecule has 0 spiro atoms. The maximum Gasteiger partial charge on any atom is 0.321 e. The van der Waals surface area contributed by atoms with E-state index in [2.05, 4.69) is 10.3 Å². The Labute approximate surface area is 116 Å². The van der Waals surface area contributed by atoms with E-state index in [4.69, 9.17) is 9.52 Å². The van der Waals surface area contributed by atoms with Crippen molar-refractivity contribution in [2.75, 3.05) is 44.5 Å². The normalized spacial score (nSPS) is 10.6. The quantitative estimate of drug-likeness (QED) is 0.882. The highest BCUT2D eigenvalue weighted by molar-refractivity contribution is 5.91. The predicted molar refractivity (Wildman–Crippen MR) is 77.1 cm³/mol. The molecule has 0 aliphatic rings. The number of amides is 2. The molecule has 1 heterocycles. The van der Waals surface area contributed by atoms with E-state index in [1.807, 2.05) is 14.1 Å². The van der Waals surface area contributed by atoms with Gasteiger partial charge in [0, 0.05) is 33.4 Å². The molecule has 2 rings (SSSR count). The zero-order valence-corrected chi connectivity index (χ0v) is 11.8. The molecule has 0 saturated heterocycles. The Kier molecular flexibility index (Phi) is 4.09. The number of oxazole rings is 1. The average molecular weight is 278 g/mol. The molecule has 0 saturated carbocycles. The lowest BCUT2D eigenvalue weighted by atomic mass is 10.3. The van der Waals surface area contributed by atoms with E-state index in [9.17, 15) is 4.79 Å². The second-order valence-electron chi connectivity index (χ2n) is 4.65. The first kappa shape index (κ1) is 14.1. The highest BCUT2D eigenvalue weighted by Crippen LogP contribution is 2.23. The molecule has 2 amide bonds. The highest BCUT2D eigenvalue weighted by Gasteiger charge is 2.11. The number of hydrogen-bond donors (Lipinski definition) is 2. The lowest BCUT2D eigenvalue weighted by Crippen LogP contribution is -2.33. The van der Waals surface area contributed by atoms with Gasteiger partial charge in [0.25, 0.3) is 6.01 Å². The summed E-state index contributed by atoms with van der Waals surface area (Å²) >= 11 is 0. The van der Waals surface area contributed by atoms with Crippen molar-refractivity contribution in [2.24, 2.45) is 0 Å². The number of nitrogens with zero attached hydrogens (tertiary/aromatic N) is 3. The SMILES string of the molecule is CN(CCO)C(=O)Nc1ccc2oc(N(C)C)nc2c1. The van der Waals surface area contributed by atoms with Gasteiger partial charge >= 0.3 is 6.03 Å². The molecule has 7 nitrogen and oxygen atoms in total. The molecule has 1 aromatic carbocycles. The number of hydrogen-bond acceptors (Lipinski definition) is 5. The van der Waals surface area contributed by atoms with Crippen molar-refractivity contribution in [3.63, 3.8) is 0 Å². The van der Waals surface area contributed by atoms with Gasteiger partial charge in [-0.1, -0.05) is 0 Å². The minimum absolute atomic E-state index is 0.0710. The summed E-state index contributed by atoms with van der Waals surface area (Å²) in [4.78, 5) is 19.3. The first-order chi connectivity index (χ1) is 9.51. The first-order valence-corrected chi connectivity index (χ1v) is 6.22. The van der Waals surface area contributed by atoms with Crippen LogP contribution in [-0.4, -0.2) is 55.3 Å².